The van der Waals surface area contributed by atoms with Crippen LogP contribution in [0.15, 0.2) is 4.99 Å². The number of nitrogens with one attached hydrogen (secondary N) is 2. The molecule has 2 rings (SSSR count). The quantitative estimate of drug-likeness (QED) is 0.385. The van der Waals surface area contributed by atoms with Gasteiger partial charge in [-0.05, 0) is 44.4 Å². The van der Waals surface area contributed by atoms with Crippen molar-refractivity contribution in [1.82, 2.24) is 10.6 Å². The molecular weight excluding hydrogens is 302 g/mol. The van der Waals surface area contributed by atoms with Crippen LogP contribution in [0.2, 0.25) is 0 Å². The fraction of sp³-hybridized carbons (Fsp3) is 0.947. The van der Waals surface area contributed by atoms with Crippen LogP contribution in [0.1, 0.15) is 52.4 Å². The predicted octanol–water partition coefficient (Wildman–Crippen LogP) is 2.81. The van der Waals surface area contributed by atoms with Crippen LogP contribution in [0.4, 0.5) is 0 Å². The minimum Gasteiger partial charge on any atom is -0.381 e. The van der Waals surface area contributed by atoms with Gasteiger partial charge in [-0.1, -0.05) is 19.8 Å². The van der Waals surface area contributed by atoms with E-state index >= 15 is 0 Å². The third-order valence-electron chi connectivity index (χ3n) is 5.03. The molecule has 1 aliphatic heterocycles. The Bertz CT molecular complexity index is 357. The molecule has 5 heteroatoms. The Labute approximate surface area is 148 Å². The van der Waals surface area contributed by atoms with E-state index in [1.54, 1.807) is 0 Å². The van der Waals surface area contributed by atoms with Crippen LogP contribution in [0.25, 0.3) is 0 Å². The number of hydrogen-bond donors (Lipinski definition) is 2. The van der Waals surface area contributed by atoms with Crippen molar-refractivity contribution in [2.45, 2.75) is 52.4 Å². The SMILES string of the molecule is CCNC(=NCC1CCCC(C)C1)NCCCOCC1CCOC1. The van der Waals surface area contributed by atoms with Crippen LogP contribution in [0.5, 0.6) is 0 Å². The molecule has 2 aliphatic rings. The Hall–Kier alpha value is -0.810. The molecule has 2 N–H and O–H groups in total. The molecule has 3 unspecified atom stereocenters. The summed E-state index contributed by atoms with van der Waals surface area (Å²) in [6.45, 7) is 10.7. The lowest BCUT2D eigenvalue weighted by Gasteiger charge is -2.25. The number of nitrogens with zero attached hydrogens (tertiary/aromatic N) is 1. The Morgan fingerprint density at radius 3 is 2.88 bits per heavy atom. The first-order chi connectivity index (χ1) is 11.8. The highest BCUT2D eigenvalue weighted by Gasteiger charge is 2.18. The van der Waals surface area contributed by atoms with Gasteiger partial charge in [0.05, 0.1) is 13.2 Å². The summed E-state index contributed by atoms with van der Waals surface area (Å²) in [6, 6.07) is 0. The number of rotatable bonds is 9. The molecule has 0 radical (unpaired) electrons. The number of hydrogen-bond acceptors (Lipinski definition) is 3. The van der Waals surface area contributed by atoms with Crippen LogP contribution in [-0.2, 0) is 9.47 Å². The molecular formula is C19H37N3O2. The van der Waals surface area contributed by atoms with Gasteiger partial charge in [0.15, 0.2) is 5.96 Å². The van der Waals surface area contributed by atoms with Crippen molar-refractivity contribution in [1.29, 1.82) is 0 Å². The molecule has 0 amide bonds. The van der Waals surface area contributed by atoms with E-state index in [1.165, 1.54) is 25.7 Å². The molecule has 0 spiro atoms. The van der Waals surface area contributed by atoms with Crippen LogP contribution < -0.4 is 10.6 Å². The van der Waals surface area contributed by atoms with E-state index in [2.05, 4.69) is 24.5 Å². The van der Waals surface area contributed by atoms with Gasteiger partial charge >= 0.3 is 0 Å². The van der Waals surface area contributed by atoms with Crippen LogP contribution >= 0.6 is 0 Å². The summed E-state index contributed by atoms with van der Waals surface area (Å²) in [5, 5.41) is 6.78. The molecule has 5 nitrogen and oxygen atoms in total. The summed E-state index contributed by atoms with van der Waals surface area (Å²) in [4.78, 5) is 4.79. The zero-order valence-corrected chi connectivity index (χ0v) is 15.7. The molecule has 1 aliphatic carbocycles. The van der Waals surface area contributed by atoms with Gasteiger partial charge in [-0.3, -0.25) is 4.99 Å². The van der Waals surface area contributed by atoms with Crippen molar-refractivity contribution in [2.75, 3.05) is 46.1 Å². The molecule has 0 aromatic heterocycles. The molecule has 3 atom stereocenters. The highest BCUT2D eigenvalue weighted by Crippen LogP contribution is 2.28. The minimum absolute atomic E-state index is 0.606. The molecule has 140 valence electrons. The Morgan fingerprint density at radius 2 is 2.12 bits per heavy atom. The van der Waals surface area contributed by atoms with E-state index in [0.717, 1.165) is 76.7 Å². The summed E-state index contributed by atoms with van der Waals surface area (Å²) in [7, 11) is 0. The highest BCUT2D eigenvalue weighted by atomic mass is 16.5. The zero-order chi connectivity index (χ0) is 17.0. The maximum absolute atomic E-state index is 5.75. The van der Waals surface area contributed by atoms with Crippen molar-refractivity contribution in [3.63, 3.8) is 0 Å². The third kappa shape index (κ3) is 7.84. The average molecular weight is 340 g/mol. The van der Waals surface area contributed by atoms with E-state index in [9.17, 15) is 0 Å². The van der Waals surface area contributed by atoms with Crippen molar-refractivity contribution in [3.8, 4) is 0 Å². The lowest BCUT2D eigenvalue weighted by Crippen LogP contribution is -2.38. The standard InChI is InChI=1S/C19H37N3O2/c1-3-20-19(22-13-17-7-4-6-16(2)12-17)21-9-5-10-23-14-18-8-11-24-15-18/h16-18H,3-15H2,1-2H3,(H2,20,21,22). The van der Waals surface area contributed by atoms with Crippen molar-refractivity contribution < 1.29 is 9.47 Å². The molecule has 0 aromatic carbocycles. The molecule has 2 fully saturated rings. The predicted molar refractivity (Wildman–Crippen MR) is 99.5 cm³/mol. The lowest BCUT2D eigenvalue weighted by atomic mass is 9.82. The summed E-state index contributed by atoms with van der Waals surface area (Å²) in [5.41, 5.74) is 0. The topological polar surface area (TPSA) is 54.9 Å². The smallest absolute Gasteiger partial charge is 0.191 e. The zero-order valence-electron chi connectivity index (χ0n) is 15.7. The monoisotopic (exact) mass is 339 g/mol. The first-order valence-corrected chi connectivity index (χ1v) is 9.95. The van der Waals surface area contributed by atoms with E-state index < -0.39 is 0 Å². The summed E-state index contributed by atoms with van der Waals surface area (Å²) in [5.74, 6) is 3.20. The van der Waals surface area contributed by atoms with Crippen molar-refractivity contribution in [2.24, 2.45) is 22.7 Å². The molecule has 1 saturated carbocycles. The number of guanidine groups is 1. The van der Waals surface area contributed by atoms with Crippen molar-refractivity contribution in [3.05, 3.63) is 0 Å². The van der Waals surface area contributed by atoms with Gasteiger partial charge in [0, 0.05) is 38.8 Å². The first-order valence-electron chi connectivity index (χ1n) is 9.95. The second-order valence-corrected chi connectivity index (χ2v) is 7.44. The average Bonchev–Trinajstić information content (AvgIpc) is 3.09. The van der Waals surface area contributed by atoms with Crippen molar-refractivity contribution >= 4 is 5.96 Å². The van der Waals surface area contributed by atoms with Gasteiger partial charge in [-0.25, -0.2) is 0 Å². The van der Waals surface area contributed by atoms with Gasteiger partial charge in [-0.2, -0.15) is 0 Å². The first kappa shape index (κ1) is 19.5. The van der Waals surface area contributed by atoms with Gasteiger partial charge in [0.2, 0.25) is 0 Å². The molecule has 0 aromatic rings. The molecule has 0 bridgehead atoms. The van der Waals surface area contributed by atoms with Gasteiger partial charge < -0.3 is 20.1 Å². The highest BCUT2D eigenvalue weighted by molar-refractivity contribution is 5.79. The Kier molecular flexibility index (Phi) is 9.51. The number of aliphatic imine (C=N–C) groups is 1. The van der Waals surface area contributed by atoms with Crippen LogP contribution in [0, 0.1) is 17.8 Å². The summed E-state index contributed by atoms with van der Waals surface area (Å²) >= 11 is 0. The van der Waals surface area contributed by atoms with Crippen LogP contribution in [-0.4, -0.2) is 52.0 Å². The van der Waals surface area contributed by atoms with Gasteiger partial charge in [0.25, 0.3) is 0 Å². The summed E-state index contributed by atoms with van der Waals surface area (Å²) < 4.78 is 11.1. The third-order valence-corrected chi connectivity index (χ3v) is 5.03. The molecule has 1 heterocycles. The number of ether oxygens (including phenoxy) is 2. The largest absolute Gasteiger partial charge is 0.381 e. The molecule has 24 heavy (non-hydrogen) atoms. The summed E-state index contributed by atoms with van der Waals surface area (Å²) in [6.07, 6.45) is 7.60. The van der Waals surface area contributed by atoms with Gasteiger partial charge in [0.1, 0.15) is 0 Å². The van der Waals surface area contributed by atoms with E-state index in [4.69, 9.17) is 14.5 Å². The second-order valence-electron chi connectivity index (χ2n) is 7.44. The Morgan fingerprint density at radius 1 is 1.21 bits per heavy atom. The minimum atomic E-state index is 0.606. The van der Waals surface area contributed by atoms with E-state index in [-0.39, 0.29) is 0 Å². The second kappa shape index (κ2) is 11.7. The lowest BCUT2D eigenvalue weighted by molar-refractivity contribution is 0.0888. The maximum Gasteiger partial charge on any atom is 0.191 e. The fourth-order valence-corrected chi connectivity index (χ4v) is 3.63. The normalized spacial score (nSPS) is 28.1. The molecule has 1 saturated heterocycles. The van der Waals surface area contributed by atoms with Gasteiger partial charge in [-0.15, -0.1) is 0 Å². The van der Waals surface area contributed by atoms with E-state index in [1.807, 2.05) is 0 Å². The van der Waals surface area contributed by atoms with E-state index in [0.29, 0.717) is 5.92 Å². The maximum atomic E-state index is 5.75. The Balaban J connectivity index is 1.56. The fourth-order valence-electron chi connectivity index (χ4n) is 3.63. The van der Waals surface area contributed by atoms with Crippen LogP contribution in [0.3, 0.4) is 0 Å².